The molecular formula is C13H17ClN2O3S. The first kappa shape index (κ1) is 15.1. The van der Waals surface area contributed by atoms with Gasteiger partial charge in [0.05, 0.1) is 33.3 Å². The molecule has 20 heavy (non-hydrogen) atoms. The van der Waals surface area contributed by atoms with Gasteiger partial charge in [0.25, 0.3) is 0 Å². The summed E-state index contributed by atoms with van der Waals surface area (Å²) < 4.78 is 21.9. The molecule has 0 amide bonds. The zero-order valence-corrected chi connectivity index (χ0v) is 12.9. The Labute approximate surface area is 124 Å². The van der Waals surface area contributed by atoms with E-state index in [9.17, 15) is 9.00 Å². The Morgan fingerprint density at radius 3 is 2.75 bits per heavy atom. The molecule has 0 aromatic heterocycles. The van der Waals surface area contributed by atoms with Gasteiger partial charge in [-0.1, -0.05) is 12.1 Å². The Kier molecular flexibility index (Phi) is 3.73. The zero-order valence-electron chi connectivity index (χ0n) is 11.3. The normalized spacial score (nSPS) is 33.8. The van der Waals surface area contributed by atoms with Crippen LogP contribution in [0.25, 0.3) is 0 Å². The second-order valence-corrected chi connectivity index (χ2v) is 7.40. The molecule has 0 bridgehead atoms. The van der Waals surface area contributed by atoms with Crippen LogP contribution in [0.15, 0.2) is 33.5 Å². The van der Waals surface area contributed by atoms with E-state index >= 15 is 0 Å². The van der Waals surface area contributed by atoms with Crippen LogP contribution in [-0.2, 0) is 19.3 Å². The monoisotopic (exact) mass is 316 g/mol. The van der Waals surface area contributed by atoms with Gasteiger partial charge in [0, 0.05) is 19.1 Å². The van der Waals surface area contributed by atoms with E-state index in [1.165, 1.54) is 7.11 Å². The smallest absolute Gasteiger partial charge is 0.308 e. The number of esters is 1. The van der Waals surface area contributed by atoms with Gasteiger partial charge in [-0.05, 0) is 12.1 Å². The Balaban J connectivity index is 0.00000147. The molecule has 1 aromatic carbocycles. The minimum absolute atomic E-state index is 0. The molecule has 110 valence electrons. The third-order valence-electron chi connectivity index (χ3n) is 3.71. The van der Waals surface area contributed by atoms with Crippen molar-refractivity contribution in [2.24, 2.45) is 10.3 Å². The summed E-state index contributed by atoms with van der Waals surface area (Å²) in [5.41, 5.74) is 0.285. The van der Waals surface area contributed by atoms with Crippen molar-refractivity contribution in [3.05, 3.63) is 24.3 Å². The van der Waals surface area contributed by atoms with E-state index in [4.69, 9.17) is 4.74 Å². The van der Waals surface area contributed by atoms with E-state index in [1.54, 1.807) is 6.26 Å². The quantitative estimate of drug-likeness (QED) is 0.807. The third-order valence-corrected chi connectivity index (χ3v) is 5.58. The number of anilines is 1. The van der Waals surface area contributed by atoms with Crippen LogP contribution < -0.4 is 5.32 Å². The van der Waals surface area contributed by atoms with E-state index in [-0.39, 0.29) is 24.3 Å². The van der Waals surface area contributed by atoms with Gasteiger partial charge in [-0.15, -0.1) is 12.4 Å². The van der Waals surface area contributed by atoms with Crippen LogP contribution in [0.4, 0.5) is 5.69 Å². The summed E-state index contributed by atoms with van der Waals surface area (Å²) in [6, 6.07) is 7.49. The van der Waals surface area contributed by atoms with Crippen molar-refractivity contribution in [1.82, 2.24) is 0 Å². The molecule has 5 nitrogen and oxygen atoms in total. The number of hydrogen-bond donors (Lipinski definition) is 1. The third kappa shape index (κ3) is 2.27. The van der Waals surface area contributed by atoms with Crippen LogP contribution in [-0.4, -0.2) is 29.2 Å². The van der Waals surface area contributed by atoms with Crippen molar-refractivity contribution in [2.75, 3.05) is 18.7 Å². The van der Waals surface area contributed by atoms with Crippen molar-refractivity contribution in [3.63, 3.8) is 0 Å². The Morgan fingerprint density at radius 1 is 1.45 bits per heavy atom. The molecule has 3 rings (SSSR count). The fraction of sp³-hybridized carbons (Fsp3) is 0.462. The second kappa shape index (κ2) is 4.93. The second-order valence-electron chi connectivity index (χ2n) is 5.17. The van der Waals surface area contributed by atoms with Crippen molar-refractivity contribution in [1.29, 1.82) is 0 Å². The van der Waals surface area contributed by atoms with Crippen molar-refractivity contribution in [3.8, 4) is 0 Å². The Morgan fingerprint density at radius 2 is 2.10 bits per heavy atom. The van der Waals surface area contributed by atoms with Gasteiger partial charge in [-0.25, -0.2) is 8.57 Å². The number of methoxy groups -OCH3 is 1. The van der Waals surface area contributed by atoms with Gasteiger partial charge >= 0.3 is 5.97 Å². The zero-order chi connectivity index (χ0) is 13.7. The molecule has 1 aliphatic heterocycles. The van der Waals surface area contributed by atoms with E-state index < -0.39 is 15.4 Å². The number of carbonyl (C=O) groups excluding carboxylic acids is 1. The number of hydrogen-bond acceptors (Lipinski definition) is 5. The van der Waals surface area contributed by atoms with Gasteiger partial charge in [-0.3, -0.25) is 4.79 Å². The number of rotatable bonds is 1. The molecule has 1 atom stereocenters. The van der Waals surface area contributed by atoms with Gasteiger partial charge < -0.3 is 10.1 Å². The van der Waals surface area contributed by atoms with Gasteiger partial charge in [0.15, 0.2) is 0 Å². The summed E-state index contributed by atoms with van der Waals surface area (Å²) in [6.07, 6.45) is 2.73. The van der Waals surface area contributed by atoms with E-state index in [1.807, 2.05) is 24.3 Å². The number of benzene rings is 1. The number of ether oxygens (including phenoxy) is 1. The molecular weight excluding hydrogens is 300 g/mol. The average molecular weight is 317 g/mol. The number of carbonyl (C=O) groups is 1. The number of nitrogens with one attached hydrogen (secondary N) is 1. The van der Waals surface area contributed by atoms with E-state index in [0.29, 0.717) is 12.8 Å². The fourth-order valence-electron chi connectivity index (χ4n) is 2.82. The van der Waals surface area contributed by atoms with Crippen LogP contribution in [0.1, 0.15) is 12.8 Å². The van der Waals surface area contributed by atoms with Crippen LogP contribution >= 0.6 is 12.4 Å². The summed E-state index contributed by atoms with van der Waals surface area (Å²) in [5.74, 6) is -0.370. The van der Waals surface area contributed by atoms with Gasteiger partial charge in [0.2, 0.25) is 0 Å². The van der Waals surface area contributed by atoms with Crippen LogP contribution in [0.5, 0.6) is 0 Å². The molecule has 1 spiro atoms. The summed E-state index contributed by atoms with van der Waals surface area (Å²) in [7, 11) is -1.02. The number of nitrogens with zero attached hydrogens (tertiary/aromatic N) is 1. The first-order valence-corrected chi connectivity index (χ1v) is 8.06. The standard InChI is InChI=1S/C13H16N2O3S.ClH/c1-18-12(16)9-7-13(8-9)14-10-5-3-4-6-11(10)19(2,17)15-13;/h3-6,9,14H,7-8H2,1-2H3;1H. The molecule has 0 radical (unpaired) electrons. The summed E-state index contributed by atoms with van der Waals surface area (Å²) >= 11 is 0. The molecule has 1 unspecified atom stereocenters. The minimum Gasteiger partial charge on any atom is -0.469 e. The molecule has 1 aliphatic carbocycles. The van der Waals surface area contributed by atoms with Crippen LogP contribution in [0.2, 0.25) is 0 Å². The summed E-state index contributed by atoms with van der Waals surface area (Å²) in [4.78, 5) is 12.2. The largest absolute Gasteiger partial charge is 0.469 e. The lowest BCUT2D eigenvalue weighted by Crippen LogP contribution is -2.53. The maximum Gasteiger partial charge on any atom is 0.308 e. The lowest BCUT2D eigenvalue weighted by molar-refractivity contribution is -0.150. The highest BCUT2D eigenvalue weighted by molar-refractivity contribution is 7.93. The maximum atomic E-state index is 12.7. The molecule has 1 heterocycles. The lowest BCUT2D eigenvalue weighted by Gasteiger charge is -2.46. The average Bonchev–Trinajstić information content (AvgIpc) is 2.34. The molecule has 1 saturated carbocycles. The highest BCUT2D eigenvalue weighted by atomic mass is 35.5. The molecule has 1 aromatic rings. The SMILES string of the molecule is COC(=O)C1CC2(C1)N=S(C)(=O)c1ccccc1N2.Cl. The van der Waals surface area contributed by atoms with Crippen molar-refractivity contribution in [2.45, 2.75) is 23.4 Å². The molecule has 2 aliphatic rings. The summed E-state index contributed by atoms with van der Waals surface area (Å²) in [5, 5.41) is 3.32. The molecule has 0 saturated heterocycles. The van der Waals surface area contributed by atoms with Crippen LogP contribution in [0, 0.1) is 5.92 Å². The first-order chi connectivity index (χ1) is 8.96. The Bertz CT molecular complexity index is 661. The highest BCUT2D eigenvalue weighted by Gasteiger charge is 2.51. The van der Waals surface area contributed by atoms with E-state index in [2.05, 4.69) is 9.68 Å². The first-order valence-electron chi connectivity index (χ1n) is 6.14. The fourth-order valence-corrected chi connectivity index (χ4v) is 4.64. The van der Waals surface area contributed by atoms with Gasteiger partial charge in [-0.2, -0.15) is 0 Å². The minimum atomic E-state index is -2.41. The molecule has 1 fully saturated rings. The molecule has 1 N–H and O–H groups in total. The van der Waals surface area contributed by atoms with Crippen LogP contribution in [0.3, 0.4) is 0 Å². The van der Waals surface area contributed by atoms with Crippen molar-refractivity contribution >= 4 is 33.8 Å². The van der Waals surface area contributed by atoms with Gasteiger partial charge in [0.1, 0.15) is 5.66 Å². The van der Waals surface area contributed by atoms with Crippen molar-refractivity contribution < 1.29 is 13.7 Å². The van der Waals surface area contributed by atoms with E-state index in [0.717, 1.165) is 10.6 Å². The maximum absolute atomic E-state index is 12.7. The molecule has 7 heteroatoms. The number of para-hydroxylation sites is 1. The summed E-state index contributed by atoms with van der Waals surface area (Å²) in [6.45, 7) is 0. The topological polar surface area (TPSA) is 67.8 Å². The predicted octanol–water partition coefficient (Wildman–Crippen LogP) is 2.27. The predicted molar refractivity (Wildman–Crippen MR) is 79.5 cm³/mol. The number of halogens is 1. The lowest BCUT2D eigenvalue weighted by atomic mass is 9.74. The Hall–Kier alpha value is -1.27. The highest BCUT2D eigenvalue weighted by Crippen LogP contribution is 2.46. The number of fused-ring (bicyclic) bond motifs is 1.